The van der Waals surface area contributed by atoms with E-state index in [2.05, 4.69) is 0 Å². The van der Waals surface area contributed by atoms with E-state index < -0.39 is 52.4 Å². The molecular formula is C27H27F6NO4. The molecular weight excluding hydrogens is 516 g/mol. The van der Waals surface area contributed by atoms with E-state index in [4.69, 9.17) is 4.74 Å². The van der Waals surface area contributed by atoms with Crippen molar-refractivity contribution in [3.05, 3.63) is 64.7 Å². The van der Waals surface area contributed by atoms with Crippen molar-refractivity contribution in [3.63, 3.8) is 0 Å². The molecule has 1 saturated carbocycles. The van der Waals surface area contributed by atoms with E-state index in [1.165, 1.54) is 11.8 Å². The summed E-state index contributed by atoms with van der Waals surface area (Å²) in [4.78, 5) is 25.7. The minimum atomic E-state index is -4.84. The summed E-state index contributed by atoms with van der Waals surface area (Å²) in [5, 5.41) is 9.24. The van der Waals surface area contributed by atoms with Gasteiger partial charge in [0.2, 0.25) is 0 Å². The third kappa shape index (κ3) is 5.98. The van der Waals surface area contributed by atoms with Gasteiger partial charge in [0, 0.05) is 19.1 Å². The van der Waals surface area contributed by atoms with Crippen LogP contribution in [0.5, 0.6) is 5.75 Å². The SMILES string of the molecule is CC(c1cc(C(F)(F)F)ccc1C(F)(F)F)N1CC(C)(C(=O)Oc2cccc([C@@H](CC(=O)O)C3CC3)c2)C1. The number of alkyl halides is 6. The van der Waals surface area contributed by atoms with Gasteiger partial charge in [-0.1, -0.05) is 12.1 Å². The molecule has 0 spiro atoms. The van der Waals surface area contributed by atoms with E-state index in [0.29, 0.717) is 18.2 Å². The van der Waals surface area contributed by atoms with Crippen molar-refractivity contribution < 1.29 is 45.8 Å². The summed E-state index contributed by atoms with van der Waals surface area (Å²) in [5.74, 6) is -1.26. The molecule has 2 atom stereocenters. The molecule has 5 nitrogen and oxygen atoms in total. The van der Waals surface area contributed by atoms with Crippen molar-refractivity contribution in [1.29, 1.82) is 0 Å². The minimum Gasteiger partial charge on any atom is -0.481 e. The van der Waals surface area contributed by atoms with Crippen molar-refractivity contribution in [3.8, 4) is 5.75 Å². The number of halogens is 6. The summed E-state index contributed by atoms with van der Waals surface area (Å²) in [6.07, 6.45) is -7.83. The van der Waals surface area contributed by atoms with E-state index in [-0.39, 0.29) is 37.1 Å². The van der Waals surface area contributed by atoms with Crippen molar-refractivity contribution >= 4 is 11.9 Å². The number of carboxylic acid groups (broad SMARTS) is 1. The van der Waals surface area contributed by atoms with Crippen LogP contribution in [0.15, 0.2) is 42.5 Å². The lowest BCUT2D eigenvalue weighted by Gasteiger charge is -2.49. The molecule has 2 fully saturated rings. The molecule has 38 heavy (non-hydrogen) atoms. The highest BCUT2D eigenvalue weighted by Gasteiger charge is 2.49. The Hall–Kier alpha value is -3.08. The first-order valence-electron chi connectivity index (χ1n) is 12.1. The zero-order valence-electron chi connectivity index (χ0n) is 20.7. The molecule has 1 aliphatic carbocycles. The van der Waals surface area contributed by atoms with Gasteiger partial charge < -0.3 is 9.84 Å². The van der Waals surface area contributed by atoms with Crippen LogP contribution in [0.1, 0.15) is 67.3 Å². The van der Waals surface area contributed by atoms with Gasteiger partial charge in [-0.15, -0.1) is 0 Å². The summed E-state index contributed by atoms with van der Waals surface area (Å²) < 4.78 is 85.8. The summed E-state index contributed by atoms with van der Waals surface area (Å²) >= 11 is 0. The first kappa shape index (κ1) is 27.9. The zero-order valence-corrected chi connectivity index (χ0v) is 20.7. The van der Waals surface area contributed by atoms with Crippen LogP contribution in [0.2, 0.25) is 0 Å². The average molecular weight is 544 g/mol. The Kier molecular flexibility index (Phi) is 7.28. The Morgan fingerprint density at radius 1 is 1.05 bits per heavy atom. The number of carbonyl (C=O) groups is 2. The lowest BCUT2D eigenvalue weighted by Crippen LogP contribution is -2.60. The Morgan fingerprint density at radius 2 is 1.71 bits per heavy atom. The van der Waals surface area contributed by atoms with Crippen molar-refractivity contribution in [2.75, 3.05) is 13.1 Å². The van der Waals surface area contributed by atoms with Crippen molar-refractivity contribution in [1.82, 2.24) is 4.90 Å². The maximum absolute atomic E-state index is 13.6. The normalized spacial score (nSPS) is 19.4. The number of rotatable bonds is 8. The van der Waals surface area contributed by atoms with Crippen LogP contribution in [0.4, 0.5) is 26.3 Å². The summed E-state index contributed by atoms with van der Waals surface area (Å²) in [6.45, 7) is 2.93. The molecule has 2 aromatic rings. The number of esters is 1. The number of likely N-dealkylation sites (tertiary alicyclic amines) is 1. The van der Waals surface area contributed by atoms with E-state index >= 15 is 0 Å². The number of nitrogens with zero attached hydrogens (tertiary/aromatic N) is 1. The van der Waals surface area contributed by atoms with Crippen LogP contribution < -0.4 is 4.74 Å². The molecule has 1 heterocycles. The second-order valence-electron chi connectivity index (χ2n) is 10.4. The van der Waals surface area contributed by atoms with Gasteiger partial charge >= 0.3 is 24.3 Å². The molecule has 1 saturated heterocycles. The molecule has 2 aliphatic rings. The molecule has 4 rings (SSSR count). The summed E-state index contributed by atoms with van der Waals surface area (Å²) in [6, 6.07) is 6.97. The second kappa shape index (κ2) is 9.91. The fraction of sp³-hybridized carbons (Fsp3) is 0.481. The standard InChI is InChI=1S/C27H27F6NO4/c1-15(20-11-18(26(28,29)30)8-9-22(20)27(31,32)33)34-13-25(2,14-34)24(37)38-19-5-3-4-17(10-19)21(12-23(35)36)16-6-7-16/h3-5,8-11,15-16,21H,6-7,12-14H2,1-2H3,(H,35,36)/t15?,21-/m0/s1. The Labute approximate surface area is 215 Å². The van der Waals surface area contributed by atoms with Crippen LogP contribution in [0.3, 0.4) is 0 Å². The van der Waals surface area contributed by atoms with Gasteiger partial charge in [-0.3, -0.25) is 14.5 Å². The third-order valence-corrected chi connectivity index (χ3v) is 7.36. The number of benzene rings is 2. The van der Waals surface area contributed by atoms with Gasteiger partial charge in [0.05, 0.1) is 23.0 Å². The molecule has 0 amide bonds. The molecule has 0 bridgehead atoms. The number of ether oxygens (including phenoxy) is 1. The van der Waals surface area contributed by atoms with E-state index in [9.17, 15) is 41.0 Å². The van der Waals surface area contributed by atoms with Gasteiger partial charge in [-0.2, -0.15) is 26.3 Å². The van der Waals surface area contributed by atoms with Crippen LogP contribution in [0, 0.1) is 11.3 Å². The molecule has 0 radical (unpaired) electrons. The smallest absolute Gasteiger partial charge is 0.416 e. The predicted molar refractivity (Wildman–Crippen MR) is 124 cm³/mol. The number of hydrogen-bond donors (Lipinski definition) is 1. The Balaban J connectivity index is 1.47. The second-order valence-corrected chi connectivity index (χ2v) is 10.4. The van der Waals surface area contributed by atoms with Gasteiger partial charge in [0.25, 0.3) is 0 Å². The van der Waals surface area contributed by atoms with E-state index in [1.807, 2.05) is 0 Å². The summed E-state index contributed by atoms with van der Waals surface area (Å²) in [5.41, 5.74) is -3.18. The lowest BCUT2D eigenvalue weighted by molar-refractivity contribution is -0.158. The lowest BCUT2D eigenvalue weighted by atomic mass is 9.79. The summed E-state index contributed by atoms with van der Waals surface area (Å²) in [7, 11) is 0. The monoisotopic (exact) mass is 543 g/mol. The number of aliphatic carboxylic acids is 1. The van der Waals surface area contributed by atoms with Crippen molar-refractivity contribution in [2.45, 2.75) is 57.4 Å². The molecule has 2 aromatic carbocycles. The van der Waals surface area contributed by atoms with Gasteiger partial charge in [0.15, 0.2) is 0 Å². The number of hydrogen-bond acceptors (Lipinski definition) is 4. The first-order valence-corrected chi connectivity index (χ1v) is 12.1. The van der Waals surface area contributed by atoms with Gasteiger partial charge in [0.1, 0.15) is 5.75 Å². The molecule has 0 aromatic heterocycles. The van der Waals surface area contributed by atoms with E-state index in [1.54, 1.807) is 31.2 Å². The topological polar surface area (TPSA) is 66.8 Å². The highest BCUT2D eigenvalue weighted by atomic mass is 19.4. The zero-order chi connectivity index (χ0) is 28.0. The van der Waals surface area contributed by atoms with Crippen LogP contribution in [-0.2, 0) is 21.9 Å². The maximum Gasteiger partial charge on any atom is 0.416 e. The highest BCUT2D eigenvalue weighted by Crippen LogP contribution is 2.46. The van der Waals surface area contributed by atoms with Crippen LogP contribution >= 0.6 is 0 Å². The fourth-order valence-corrected chi connectivity index (χ4v) is 5.08. The minimum absolute atomic E-state index is 0.00997. The molecule has 11 heteroatoms. The first-order chi connectivity index (χ1) is 17.6. The van der Waals surface area contributed by atoms with Crippen molar-refractivity contribution in [2.24, 2.45) is 11.3 Å². The molecule has 206 valence electrons. The predicted octanol–water partition coefficient (Wildman–Crippen LogP) is 6.68. The van der Waals surface area contributed by atoms with Gasteiger partial charge in [-0.05, 0) is 80.0 Å². The molecule has 1 N–H and O–H groups in total. The fourth-order valence-electron chi connectivity index (χ4n) is 5.08. The third-order valence-electron chi connectivity index (χ3n) is 7.36. The highest BCUT2D eigenvalue weighted by molar-refractivity contribution is 5.80. The molecule has 1 aliphatic heterocycles. The maximum atomic E-state index is 13.6. The number of carbonyl (C=O) groups excluding carboxylic acids is 1. The van der Waals surface area contributed by atoms with Crippen LogP contribution in [-0.4, -0.2) is 35.0 Å². The van der Waals surface area contributed by atoms with Crippen LogP contribution in [0.25, 0.3) is 0 Å². The van der Waals surface area contributed by atoms with Gasteiger partial charge in [-0.25, -0.2) is 0 Å². The number of carboxylic acids is 1. The molecule has 1 unspecified atom stereocenters. The quantitative estimate of drug-likeness (QED) is 0.229. The Morgan fingerprint density at radius 3 is 2.26 bits per heavy atom. The average Bonchev–Trinajstić information content (AvgIpc) is 3.63. The largest absolute Gasteiger partial charge is 0.481 e. The Bertz CT molecular complexity index is 1210. The van der Waals surface area contributed by atoms with E-state index in [0.717, 1.165) is 18.4 Å².